The van der Waals surface area contributed by atoms with E-state index in [1.165, 1.54) is 295 Å². The third-order valence-corrected chi connectivity index (χ3v) is 23.3. The first-order chi connectivity index (χ1) is 53.2. The van der Waals surface area contributed by atoms with Gasteiger partial charge in [0.1, 0.15) is 19.3 Å². The number of esters is 4. The second kappa shape index (κ2) is 80.8. The number of ether oxygens (including phenoxy) is 4. The lowest BCUT2D eigenvalue weighted by molar-refractivity contribution is -0.161. The maximum absolute atomic E-state index is 13.2. The Hall–Kier alpha value is -1.94. The Morgan fingerprint density at radius 3 is 0.618 bits per heavy atom. The predicted molar refractivity (Wildman–Crippen MR) is 455 cm³/mol. The van der Waals surface area contributed by atoms with E-state index in [1.54, 1.807) is 0 Å². The fraction of sp³-hybridized carbons (Fsp3) is 0.956. The second-order valence-electron chi connectivity index (χ2n) is 34.1. The molecule has 2 unspecified atom stereocenters. The summed E-state index contributed by atoms with van der Waals surface area (Å²) in [6.07, 6.45) is 73.7. The van der Waals surface area contributed by atoms with Gasteiger partial charge in [0.05, 0.1) is 26.4 Å². The van der Waals surface area contributed by atoms with Gasteiger partial charge >= 0.3 is 39.5 Å². The number of rotatable bonds is 89. The van der Waals surface area contributed by atoms with E-state index in [2.05, 4.69) is 48.5 Å². The number of carbonyl (C=O) groups is 4. The Morgan fingerprint density at radius 2 is 0.418 bits per heavy atom. The molecule has 5 atom stereocenters. The third-order valence-electron chi connectivity index (χ3n) is 21.4. The lowest BCUT2D eigenvalue weighted by Crippen LogP contribution is -2.30. The first-order valence-electron chi connectivity index (χ1n) is 46.8. The quantitative estimate of drug-likeness (QED) is 0.0222. The summed E-state index contributed by atoms with van der Waals surface area (Å²) >= 11 is 0. The highest BCUT2D eigenvalue weighted by Gasteiger charge is 2.31. The summed E-state index contributed by atoms with van der Waals surface area (Å²) in [7, 11) is -9.94. The maximum atomic E-state index is 13.2. The molecule has 0 aromatic rings. The van der Waals surface area contributed by atoms with Crippen molar-refractivity contribution in [3.8, 4) is 0 Å². The highest BCUT2D eigenvalue weighted by Crippen LogP contribution is 2.45. The fourth-order valence-electron chi connectivity index (χ4n) is 14.3. The summed E-state index contributed by atoms with van der Waals surface area (Å²) in [5, 5.41) is 10.7. The maximum Gasteiger partial charge on any atom is 0.472 e. The molecule has 19 heteroatoms. The Labute approximate surface area is 677 Å². The van der Waals surface area contributed by atoms with E-state index in [9.17, 15) is 43.2 Å². The van der Waals surface area contributed by atoms with Crippen LogP contribution in [-0.4, -0.2) is 96.7 Å². The van der Waals surface area contributed by atoms with Crippen LogP contribution in [0.2, 0.25) is 0 Å². The number of carbonyl (C=O) groups excluding carboxylic acids is 4. The van der Waals surface area contributed by atoms with Crippen LogP contribution in [0.3, 0.4) is 0 Å². The lowest BCUT2D eigenvalue weighted by Gasteiger charge is -2.21. The summed E-state index contributed by atoms with van der Waals surface area (Å²) in [6, 6.07) is 0. The van der Waals surface area contributed by atoms with Gasteiger partial charge < -0.3 is 33.8 Å². The van der Waals surface area contributed by atoms with Crippen molar-refractivity contribution >= 4 is 39.5 Å². The van der Waals surface area contributed by atoms with E-state index in [1.807, 2.05) is 0 Å². The molecule has 0 aliphatic heterocycles. The van der Waals surface area contributed by atoms with Crippen molar-refractivity contribution in [2.24, 2.45) is 17.8 Å². The molecule has 0 aliphatic carbocycles. The van der Waals surface area contributed by atoms with Crippen LogP contribution in [0.1, 0.15) is 485 Å². The van der Waals surface area contributed by atoms with Gasteiger partial charge in [0.2, 0.25) is 0 Å². The Kier molecular flexibility index (Phi) is 79.4. The van der Waals surface area contributed by atoms with Crippen LogP contribution in [-0.2, 0) is 65.4 Å². The van der Waals surface area contributed by atoms with Gasteiger partial charge in [-0.25, -0.2) is 9.13 Å². The highest BCUT2D eigenvalue weighted by molar-refractivity contribution is 7.47. The zero-order chi connectivity index (χ0) is 80.8. The third kappa shape index (κ3) is 84.0. The molecular weight excluding hydrogens is 1430 g/mol. The lowest BCUT2D eigenvalue weighted by atomic mass is 10.0. The van der Waals surface area contributed by atoms with Gasteiger partial charge in [-0.05, 0) is 43.4 Å². The molecule has 0 aromatic carbocycles. The highest BCUT2D eigenvalue weighted by atomic mass is 31.2. The number of aliphatic hydroxyl groups excluding tert-OH is 1. The van der Waals surface area contributed by atoms with Crippen molar-refractivity contribution in [3.63, 3.8) is 0 Å². The number of phosphoric ester groups is 2. The van der Waals surface area contributed by atoms with Crippen molar-refractivity contribution in [2.45, 2.75) is 503 Å². The van der Waals surface area contributed by atoms with E-state index in [4.69, 9.17) is 37.0 Å². The molecule has 0 bridgehead atoms. The van der Waals surface area contributed by atoms with E-state index in [0.29, 0.717) is 25.7 Å². The van der Waals surface area contributed by atoms with Crippen LogP contribution >= 0.6 is 15.6 Å². The minimum Gasteiger partial charge on any atom is -0.462 e. The van der Waals surface area contributed by atoms with Crippen molar-refractivity contribution in [2.75, 3.05) is 39.6 Å². The Bertz CT molecular complexity index is 2110. The molecule has 0 saturated heterocycles. The smallest absolute Gasteiger partial charge is 0.462 e. The minimum absolute atomic E-state index is 0.108. The number of hydrogen-bond acceptors (Lipinski definition) is 15. The van der Waals surface area contributed by atoms with E-state index >= 15 is 0 Å². The zero-order valence-corrected chi connectivity index (χ0v) is 74.5. The Balaban J connectivity index is 5.23. The van der Waals surface area contributed by atoms with Crippen LogP contribution in [0.4, 0.5) is 0 Å². The number of aliphatic hydroxyl groups is 1. The van der Waals surface area contributed by atoms with Crippen molar-refractivity contribution in [1.29, 1.82) is 0 Å². The van der Waals surface area contributed by atoms with Crippen molar-refractivity contribution < 1.29 is 80.2 Å². The van der Waals surface area contributed by atoms with Crippen molar-refractivity contribution in [3.05, 3.63) is 0 Å². The fourth-order valence-corrected chi connectivity index (χ4v) is 15.8. The molecule has 654 valence electrons. The molecule has 0 aromatic heterocycles. The molecular formula is C91H178O17P2. The first kappa shape index (κ1) is 108. The summed E-state index contributed by atoms with van der Waals surface area (Å²) in [4.78, 5) is 73.4. The number of unbranched alkanes of at least 4 members (excludes halogenated alkanes) is 57. The van der Waals surface area contributed by atoms with Gasteiger partial charge in [-0.3, -0.25) is 37.3 Å². The van der Waals surface area contributed by atoms with Crippen LogP contribution in [0.5, 0.6) is 0 Å². The molecule has 17 nitrogen and oxygen atoms in total. The minimum atomic E-state index is -4.97. The van der Waals surface area contributed by atoms with Gasteiger partial charge in [0, 0.05) is 25.7 Å². The number of hydrogen-bond donors (Lipinski definition) is 3. The molecule has 0 heterocycles. The molecule has 0 spiro atoms. The van der Waals surface area contributed by atoms with E-state index in [-0.39, 0.29) is 25.7 Å². The molecule has 0 fully saturated rings. The average molecular weight is 1610 g/mol. The molecule has 3 N–H and O–H groups in total. The monoisotopic (exact) mass is 1610 g/mol. The Morgan fingerprint density at radius 1 is 0.245 bits per heavy atom. The van der Waals surface area contributed by atoms with Crippen molar-refractivity contribution in [1.82, 2.24) is 0 Å². The van der Waals surface area contributed by atoms with E-state index < -0.39 is 97.5 Å². The van der Waals surface area contributed by atoms with Gasteiger partial charge in [0.15, 0.2) is 12.2 Å². The van der Waals surface area contributed by atoms with Gasteiger partial charge in [-0.2, -0.15) is 0 Å². The van der Waals surface area contributed by atoms with E-state index in [0.717, 1.165) is 108 Å². The van der Waals surface area contributed by atoms with Crippen LogP contribution < -0.4 is 0 Å². The summed E-state index contributed by atoms with van der Waals surface area (Å²) in [5.41, 5.74) is 0. The van der Waals surface area contributed by atoms with Gasteiger partial charge in [0.25, 0.3) is 0 Å². The summed E-state index contributed by atoms with van der Waals surface area (Å²) < 4.78 is 69.1. The molecule has 110 heavy (non-hydrogen) atoms. The zero-order valence-electron chi connectivity index (χ0n) is 72.7. The average Bonchev–Trinajstić information content (AvgIpc) is 0.903. The van der Waals surface area contributed by atoms with Crippen LogP contribution in [0.15, 0.2) is 0 Å². The normalized spacial score (nSPS) is 13.8. The second-order valence-corrected chi connectivity index (χ2v) is 37.0. The largest absolute Gasteiger partial charge is 0.472 e. The summed E-state index contributed by atoms with van der Waals surface area (Å²) in [5.74, 6) is 0.271. The summed E-state index contributed by atoms with van der Waals surface area (Å²) in [6.45, 7) is 12.1. The number of phosphoric acid groups is 2. The predicted octanol–water partition coefficient (Wildman–Crippen LogP) is 28.0. The van der Waals surface area contributed by atoms with Gasteiger partial charge in [-0.15, -0.1) is 0 Å². The van der Waals surface area contributed by atoms with Crippen LogP contribution in [0.25, 0.3) is 0 Å². The molecule has 0 rings (SSSR count). The first-order valence-corrected chi connectivity index (χ1v) is 49.8. The standard InChI is InChI=1S/C91H178O17P2/c1-8-9-10-11-12-13-14-15-16-21-29-34-39-44-53-60-67-75-91(96)108-87(79-102-89(94)73-66-59-52-47-46-50-57-64-71-84(6)7)81-106-110(99,100)104-77-85(92)76-103-109(97,98)105-80-86(107-90(95)74-68-61-54-45-40-35-30-25-20-18-23-27-32-37-42-49-56-63-70-83(4)5)78-101-88(93)72-65-58-51-43-38-33-28-24-19-17-22-26-31-36-41-48-55-62-69-82(2)3/h82-87,92H,8-81H2,1-7H3,(H,97,98)(H,99,100)/t85-,86-,87-/m1/s1. The SMILES string of the molecule is CCCCCCCCCCCCCCCCCCCC(=O)O[C@H](COC(=O)CCCCCCCCCCC(C)C)COP(=O)(O)OC[C@H](O)COP(=O)(O)OC[C@@H](COC(=O)CCCCCCCCCCCCCCCCCCCCC(C)C)OC(=O)CCCCCCCCCCCCCCCCCCCCC(C)C. The molecule has 0 aliphatic rings. The topological polar surface area (TPSA) is 237 Å². The molecule has 0 saturated carbocycles. The molecule has 0 amide bonds. The molecule has 0 radical (unpaired) electrons. The van der Waals surface area contributed by atoms with Crippen LogP contribution in [0, 0.1) is 17.8 Å². The van der Waals surface area contributed by atoms with Gasteiger partial charge in [-0.1, -0.05) is 434 Å².